The molecule has 6 rings (SSSR count). The van der Waals surface area contributed by atoms with Crippen molar-refractivity contribution < 1.29 is 14.3 Å². The highest BCUT2D eigenvalue weighted by Crippen LogP contribution is 2.35. The minimum atomic E-state index is -0.740. The van der Waals surface area contributed by atoms with Gasteiger partial charge in [-0.25, -0.2) is 9.79 Å². The predicted octanol–water partition coefficient (Wildman–Crippen LogP) is 8.03. The number of aromatic nitrogens is 1. The van der Waals surface area contributed by atoms with Crippen LogP contribution >= 0.6 is 79.7 Å². The van der Waals surface area contributed by atoms with Crippen LogP contribution < -0.4 is 19.6 Å². The van der Waals surface area contributed by atoms with Crippen molar-refractivity contribution in [1.29, 1.82) is 0 Å². The lowest BCUT2D eigenvalue weighted by molar-refractivity contribution is -0.138. The zero-order valence-electron chi connectivity index (χ0n) is 24.2. The van der Waals surface area contributed by atoms with Crippen molar-refractivity contribution in [3.05, 3.63) is 156 Å². The fraction of sp³-hybridized carbons (Fsp3) is 0.114. The summed E-state index contributed by atoms with van der Waals surface area (Å²) in [5, 5.41) is 0.923. The van der Waals surface area contributed by atoms with E-state index in [4.69, 9.17) is 37.7 Å². The molecule has 5 aromatic rings. The fourth-order valence-corrected chi connectivity index (χ4v) is 8.51. The van der Waals surface area contributed by atoms with Gasteiger partial charge in [-0.15, -0.1) is 0 Å². The molecule has 1 aliphatic rings. The zero-order chi connectivity index (χ0) is 32.4. The second-order valence-corrected chi connectivity index (χ2v) is 14.4. The number of hydrogen-bond donors (Lipinski definition) is 0. The molecule has 0 fully saturated rings. The van der Waals surface area contributed by atoms with Gasteiger partial charge in [-0.3, -0.25) is 9.36 Å². The molecule has 0 N–H and O–H groups in total. The van der Waals surface area contributed by atoms with E-state index >= 15 is 0 Å². The van der Waals surface area contributed by atoms with Gasteiger partial charge < -0.3 is 9.47 Å². The van der Waals surface area contributed by atoms with Crippen molar-refractivity contribution in [3.8, 4) is 5.75 Å². The van der Waals surface area contributed by atoms with Gasteiger partial charge in [-0.05, 0) is 93.6 Å². The fourth-order valence-electron chi connectivity index (χ4n) is 5.16. The molecule has 1 atom stereocenters. The average Bonchev–Trinajstić information content (AvgIpc) is 3.36. The van der Waals surface area contributed by atoms with E-state index in [0.29, 0.717) is 36.4 Å². The van der Waals surface area contributed by atoms with Crippen LogP contribution in [0.4, 0.5) is 0 Å². The van der Waals surface area contributed by atoms with Gasteiger partial charge in [0.25, 0.3) is 5.56 Å². The van der Waals surface area contributed by atoms with Crippen molar-refractivity contribution in [2.45, 2.75) is 19.6 Å². The van der Waals surface area contributed by atoms with Gasteiger partial charge in [0.2, 0.25) is 0 Å². The Kier molecular flexibility index (Phi) is 10.3. The third kappa shape index (κ3) is 6.84. The summed E-state index contributed by atoms with van der Waals surface area (Å²) < 4.78 is 15.8. The third-order valence-electron chi connectivity index (χ3n) is 7.18. The predicted molar refractivity (Wildman–Crippen MR) is 200 cm³/mol. The number of fused-ring (bicyclic) bond motifs is 1. The monoisotopic (exact) mass is 892 g/mol. The molecule has 4 aromatic carbocycles. The number of carbonyl (C=O) groups excluding carboxylic acids is 1. The van der Waals surface area contributed by atoms with Crippen LogP contribution in [0.3, 0.4) is 0 Å². The Balaban J connectivity index is 1.54. The number of rotatable bonds is 8. The van der Waals surface area contributed by atoms with E-state index in [1.807, 2.05) is 84.9 Å². The van der Waals surface area contributed by atoms with E-state index in [1.54, 1.807) is 23.6 Å². The summed E-state index contributed by atoms with van der Waals surface area (Å²) in [6.07, 6.45) is 1.83. The number of thiazole rings is 1. The second-order valence-electron chi connectivity index (χ2n) is 10.2. The highest BCUT2D eigenvalue weighted by Gasteiger charge is 2.35. The molecular weight excluding hydrogens is 869 g/mol. The van der Waals surface area contributed by atoms with Crippen molar-refractivity contribution in [1.82, 2.24) is 4.57 Å². The van der Waals surface area contributed by atoms with Crippen LogP contribution in [-0.4, -0.2) is 17.1 Å². The average molecular weight is 893 g/mol. The number of carbonyl (C=O) groups is 1. The Labute approximate surface area is 306 Å². The maximum Gasteiger partial charge on any atom is 0.338 e. The van der Waals surface area contributed by atoms with Crippen LogP contribution in [-0.2, 0) is 16.1 Å². The van der Waals surface area contributed by atoms with E-state index < -0.39 is 12.0 Å². The second kappa shape index (κ2) is 14.4. The van der Waals surface area contributed by atoms with Gasteiger partial charge in [0.1, 0.15) is 12.4 Å². The molecule has 232 valence electrons. The van der Waals surface area contributed by atoms with E-state index in [9.17, 15) is 9.59 Å². The van der Waals surface area contributed by atoms with E-state index in [2.05, 4.69) is 45.2 Å². The van der Waals surface area contributed by atoms with Gasteiger partial charge in [-0.2, -0.15) is 0 Å². The molecule has 6 nitrogen and oxygen atoms in total. The first kappa shape index (κ1) is 33.0. The Morgan fingerprint density at radius 2 is 1.70 bits per heavy atom. The molecule has 0 spiro atoms. The van der Waals surface area contributed by atoms with Gasteiger partial charge in [0, 0.05) is 14.7 Å². The topological polar surface area (TPSA) is 69.9 Å². The summed E-state index contributed by atoms with van der Waals surface area (Å²) in [6.45, 7) is 2.21. The molecule has 0 unspecified atom stereocenters. The van der Waals surface area contributed by atoms with Crippen molar-refractivity contribution in [3.63, 3.8) is 0 Å². The van der Waals surface area contributed by atoms with Gasteiger partial charge in [-0.1, -0.05) is 101 Å². The van der Waals surface area contributed by atoms with E-state index in [1.165, 1.54) is 11.3 Å². The van der Waals surface area contributed by atoms with Gasteiger partial charge in [0.05, 0.1) is 42.1 Å². The molecule has 0 bridgehead atoms. The van der Waals surface area contributed by atoms with Crippen LogP contribution in [0, 0.1) is 7.14 Å². The molecule has 1 aliphatic heterocycles. The first-order valence-electron chi connectivity index (χ1n) is 14.1. The number of ether oxygens (including phenoxy) is 2. The van der Waals surface area contributed by atoms with Crippen LogP contribution in [0.1, 0.15) is 35.2 Å². The molecular formula is C35H24Cl2I2N2O4S. The summed E-state index contributed by atoms with van der Waals surface area (Å²) >= 11 is 18.1. The molecule has 11 heteroatoms. The molecule has 0 saturated heterocycles. The summed E-state index contributed by atoms with van der Waals surface area (Å²) in [5.41, 5.74) is 3.66. The first-order valence-corrected chi connectivity index (χ1v) is 17.9. The quantitative estimate of drug-likeness (QED) is 0.117. The van der Waals surface area contributed by atoms with Crippen molar-refractivity contribution in [2.24, 2.45) is 4.99 Å². The third-order valence-corrected chi connectivity index (χ3v) is 10.3. The molecule has 46 heavy (non-hydrogen) atoms. The first-order chi connectivity index (χ1) is 22.2. The Bertz CT molecular complexity index is 2170. The minimum Gasteiger partial charge on any atom is -0.487 e. The SMILES string of the molecule is CCOC(=O)C1=C(c2ccccc2)N=c2s/c(=C\c3cc(I)cc(I)c3OCc3ccc(Cl)c(Cl)c3)c(=O)n2[C@H]1c1ccccc1. The van der Waals surface area contributed by atoms with Crippen LogP contribution in [0.5, 0.6) is 5.75 Å². The molecule has 0 aliphatic carbocycles. The van der Waals surface area contributed by atoms with E-state index in [0.717, 1.165) is 29.4 Å². The van der Waals surface area contributed by atoms with Gasteiger partial charge in [0.15, 0.2) is 4.80 Å². The largest absolute Gasteiger partial charge is 0.487 e. The Morgan fingerprint density at radius 1 is 0.978 bits per heavy atom. The molecule has 0 amide bonds. The van der Waals surface area contributed by atoms with Crippen LogP contribution in [0.25, 0.3) is 11.8 Å². The standard InChI is InChI=1S/C35H24Cl2I2N2O4S/c1-2-44-34(43)29-30(21-9-5-3-6-10-21)40-35-41(31(29)22-11-7-4-8-12-22)33(42)28(46-35)17-23-16-24(38)18-27(39)32(23)45-19-20-13-14-25(36)26(37)15-20/h3-18,31H,2,19H2,1H3/b28-17-/t31-/m0/s1. The maximum absolute atomic E-state index is 14.3. The summed E-state index contributed by atoms with van der Waals surface area (Å²) in [5.74, 6) is 0.119. The summed E-state index contributed by atoms with van der Waals surface area (Å²) in [6, 6.07) is 27.6. The molecule has 0 saturated carbocycles. The van der Waals surface area contributed by atoms with Crippen molar-refractivity contribution in [2.75, 3.05) is 6.61 Å². The maximum atomic E-state index is 14.3. The normalized spacial score (nSPS) is 14.5. The smallest absolute Gasteiger partial charge is 0.338 e. The number of benzene rings is 4. The van der Waals surface area contributed by atoms with Gasteiger partial charge >= 0.3 is 5.97 Å². The highest BCUT2D eigenvalue weighted by molar-refractivity contribution is 14.1. The Morgan fingerprint density at radius 3 is 2.39 bits per heavy atom. The molecule has 0 radical (unpaired) electrons. The number of halogens is 4. The lowest BCUT2D eigenvalue weighted by Gasteiger charge is -2.25. The number of nitrogens with zero attached hydrogens (tertiary/aromatic N) is 2. The summed E-state index contributed by atoms with van der Waals surface area (Å²) in [4.78, 5) is 33.4. The van der Waals surface area contributed by atoms with Crippen LogP contribution in [0.2, 0.25) is 10.0 Å². The van der Waals surface area contributed by atoms with E-state index in [-0.39, 0.29) is 18.8 Å². The molecule has 1 aromatic heterocycles. The lowest BCUT2D eigenvalue weighted by Crippen LogP contribution is -2.40. The zero-order valence-corrected chi connectivity index (χ0v) is 30.8. The minimum absolute atomic E-state index is 0.187. The summed E-state index contributed by atoms with van der Waals surface area (Å²) in [7, 11) is 0. The lowest BCUT2D eigenvalue weighted by atomic mass is 9.93. The molecule has 2 heterocycles. The van der Waals surface area contributed by atoms with Crippen molar-refractivity contribution >= 4 is 97.5 Å². The highest BCUT2D eigenvalue weighted by atomic mass is 127. The van der Waals surface area contributed by atoms with Crippen LogP contribution in [0.15, 0.2) is 106 Å². The number of hydrogen-bond acceptors (Lipinski definition) is 6. The number of esters is 1. The Hall–Kier alpha value is -2.97.